The SMILES string of the molecule is CCCCCCCCCCCCCCCCCCCCCCc1ncnc(CCCCCCCCCCCCCCCCCCCCCC)c1CCCCCCCCCCCCCCCCCCCCCC. The summed E-state index contributed by atoms with van der Waals surface area (Å²) in [5.41, 5.74) is 4.39. The van der Waals surface area contributed by atoms with Crippen LogP contribution in [0.2, 0.25) is 0 Å². The summed E-state index contributed by atoms with van der Waals surface area (Å²) in [4.78, 5) is 9.97. The highest BCUT2D eigenvalue weighted by atomic mass is 14.8. The van der Waals surface area contributed by atoms with Crippen LogP contribution in [-0.2, 0) is 19.3 Å². The van der Waals surface area contributed by atoms with Crippen molar-refractivity contribution in [3.63, 3.8) is 0 Å². The minimum absolute atomic E-state index is 1.17. The number of aromatic nitrogens is 2. The first kappa shape index (κ1) is 69.1. The molecule has 1 rings (SSSR count). The van der Waals surface area contributed by atoms with Gasteiger partial charge >= 0.3 is 0 Å². The predicted octanol–water partition coefficient (Wildman–Crippen LogP) is 25.6. The average molecular weight is 1010 g/mol. The maximum atomic E-state index is 4.99. The van der Waals surface area contributed by atoms with Gasteiger partial charge in [0.25, 0.3) is 0 Å². The number of unbranched alkanes of at least 4 members (excludes halogenated alkanes) is 57. The third-order valence-electron chi connectivity index (χ3n) is 16.9. The molecule has 0 aromatic carbocycles. The molecule has 72 heavy (non-hydrogen) atoms. The van der Waals surface area contributed by atoms with Crippen LogP contribution < -0.4 is 0 Å². The molecule has 0 bridgehead atoms. The lowest BCUT2D eigenvalue weighted by Crippen LogP contribution is -2.07. The van der Waals surface area contributed by atoms with Crippen LogP contribution in [0, 0.1) is 0 Å². The van der Waals surface area contributed by atoms with Gasteiger partial charge in [-0.25, -0.2) is 9.97 Å². The van der Waals surface area contributed by atoms with Gasteiger partial charge in [-0.2, -0.15) is 0 Å². The summed E-state index contributed by atoms with van der Waals surface area (Å²) in [7, 11) is 0. The number of nitrogens with zero attached hydrogens (tertiary/aromatic N) is 2. The molecule has 426 valence electrons. The average Bonchev–Trinajstić information content (AvgIpc) is 3.39. The second kappa shape index (κ2) is 60.9. The second-order valence-electron chi connectivity index (χ2n) is 24.1. The van der Waals surface area contributed by atoms with E-state index in [-0.39, 0.29) is 0 Å². The summed E-state index contributed by atoms with van der Waals surface area (Å²) in [6.07, 6.45) is 92.2. The zero-order valence-electron chi connectivity index (χ0n) is 50.5. The van der Waals surface area contributed by atoms with Gasteiger partial charge < -0.3 is 0 Å². The lowest BCUT2D eigenvalue weighted by Gasteiger charge is -2.14. The number of hydrogen-bond acceptors (Lipinski definition) is 2. The van der Waals surface area contributed by atoms with E-state index in [9.17, 15) is 0 Å². The fourth-order valence-corrected chi connectivity index (χ4v) is 11.9. The van der Waals surface area contributed by atoms with Crippen molar-refractivity contribution in [1.82, 2.24) is 9.97 Å². The third kappa shape index (κ3) is 51.2. The van der Waals surface area contributed by atoms with Crippen LogP contribution in [0.3, 0.4) is 0 Å². The smallest absolute Gasteiger partial charge is 0.115 e. The van der Waals surface area contributed by atoms with Crippen molar-refractivity contribution in [2.24, 2.45) is 0 Å². The normalized spacial score (nSPS) is 11.7. The molecule has 2 heteroatoms. The molecule has 0 amide bonds. The monoisotopic (exact) mass is 1010 g/mol. The van der Waals surface area contributed by atoms with Crippen LogP contribution in [0.5, 0.6) is 0 Å². The molecule has 0 N–H and O–H groups in total. The lowest BCUT2D eigenvalue weighted by atomic mass is 9.96. The molecular formula is C70H136N2. The summed E-state index contributed by atoms with van der Waals surface area (Å²) in [5, 5.41) is 0. The van der Waals surface area contributed by atoms with Crippen molar-refractivity contribution in [3.05, 3.63) is 23.3 Å². The van der Waals surface area contributed by atoms with Gasteiger partial charge in [-0.1, -0.05) is 387 Å². The quantitative estimate of drug-likeness (QED) is 0.0608. The largest absolute Gasteiger partial charge is 0.241 e. The molecule has 0 radical (unpaired) electrons. The van der Waals surface area contributed by atoms with Gasteiger partial charge in [0, 0.05) is 11.4 Å². The Labute approximate surface area is 456 Å². The van der Waals surface area contributed by atoms with E-state index in [1.54, 1.807) is 5.56 Å². The van der Waals surface area contributed by atoms with Crippen LogP contribution in [0.25, 0.3) is 0 Å². The number of hydrogen-bond donors (Lipinski definition) is 0. The van der Waals surface area contributed by atoms with Gasteiger partial charge in [0.05, 0.1) is 0 Å². The highest BCUT2D eigenvalue weighted by Crippen LogP contribution is 2.23. The minimum atomic E-state index is 1.17. The van der Waals surface area contributed by atoms with Gasteiger partial charge in [-0.15, -0.1) is 0 Å². The van der Waals surface area contributed by atoms with Crippen LogP contribution >= 0.6 is 0 Å². The van der Waals surface area contributed by atoms with Crippen molar-refractivity contribution < 1.29 is 0 Å². The van der Waals surface area contributed by atoms with Crippen molar-refractivity contribution in [2.45, 2.75) is 425 Å². The zero-order chi connectivity index (χ0) is 51.4. The van der Waals surface area contributed by atoms with E-state index in [2.05, 4.69) is 20.8 Å². The second-order valence-corrected chi connectivity index (χ2v) is 24.1. The highest BCUT2D eigenvalue weighted by Gasteiger charge is 2.12. The van der Waals surface area contributed by atoms with Crippen molar-refractivity contribution >= 4 is 0 Å². The fourth-order valence-electron chi connectivity index (χ4n) is 11.9. The zero-order valence-corrected chi connectivity index (χ0v) is 50.5. The summed E-state index contributed by atoms with van der Waals surface area (Å²) in [6.45, 7) is 6.95. The standard InChI is InChI=1S/C70H136N2/c1-4-7-10-13-16-19-22-25-28-31-34-37-40-43-46-49-52-55-58-61-64-68-69(65-62-59-56-53-50-47-44-41-38-35-32-29-26-23-20-17-14-11-8-5-2)71-67-72-70(68)66-63-60-57-54-51-48-45-42-39-36-33-30-27-24-21-18-15-12-9-6-3/h67H,4-66H2,1-3H3. The predicted molar refractivity (Wildman–Crippen MR) is 327 cm³/mol. The molecule has 0 aliphatic heterocycles. The van der Waals surface area contributed by atoms with Crippen molar-refractivity contribution in [1.29, 1.82) is 0 Å². The first-order chi connectivity index (χ1) is 35.8. The summed E-state index contributed by atoms with van der Waals surface area (Å²) in [5.74, 6) is 0. The molecule has 0 saturated carbocycles. The first-order valence-electron chi connectivity index (χ1n) is 34.6. The Balaban J connectivity index is 2.26. The lowest BCUT2D eigenvalue weighted by molar-refractivity contribution is 0.520. The van der Waals surface area contributed by atoms with Crippen LogP contribution in [-0.4, -0.2) is 9.97 Å². The van der Waals surface area contributed by atoms with E-state index < -0.39 is 0 Å². The van der Waals surface area contributed by atoms with Crippen LogP contribution in [0.1, 0.15) is 423 Å². The Morgan fingerprint density at radius 3 is 0.486 bits per heavy atom. The molecule has 2 nitrogen and oxygen atoms in total. The molecule has 1 aromatic heterocycles. The van der Waals surface area contributed by atoms with Gasteiger partial charge in [-0.3, -0.25) is 0 Å². The van der Waals surface area contributed by atoms with E-state index in [0.29, 0.717) is 0 Å². The molecule has 0 unspecified atom stereocenters. The summed E-state index contributed by atoms with van der Waals surface area (Å²) < 4.78 is 0. The fraction of sp³-hybridized carbons (Fsp3) is 0.943. The highest BCUT2D eigenvalue weighted by molar-refractivity contribution is 5.25. The Morgan fingerprint density at radius 2 is 0.319 bits per heavy atom. The summed E-state index contributed by atoms with van der Waals surface area (Å²) in [6, 6.07) is 0. The number of aryl methyl sites for hydroxylation is 2. The van der Waals surface area contributed by atoms with E-state index >= 15 is 0 Å². The van der Waals surface area contributed by atoms with Gasteiger partial charge in [-0.05, 0) is 44.1 Å². The maximum absolute atomic E-state index is 4.99. The maximum Gasteiger partial charge on any atom is 0.115 e. The van der Waals surface area contributed by atoms with E-state index in [1.807, 2.05) is 6.33 Å². The minimum Gasteiger partial charge on any atom is -0.241 e. The van der Waals surface area contributed by atoms with Gasteiger partial charge in [0.15, 0.2) is 0 Å². The molecular weight excluding hydrogens is 869 g/mol. The topological polar surface area (TPSA) is 25.8 Å². The first-order valence-corrected chi connectivity index (χ1v) is 34.6. The molecule has 0 aliphatic rings. The molecule has 0 spiro atoms. The molecule has 1 heterocycles. The van der Waals surface area contributed by atoms with Gasteiger partial charge in [0.2, 0.25) is 0 Å². The molecule has 0 atom stereocenters. The molecule has 1 aromatic rings. The third-order valence-corrected chi connectivity index (χ3v) is 16.9. The molecule has 0 saturated heterocycles. The van der Waals surface area contributed by atoms with Gasteiger partial charge in [0.1, 0.15) is 6.33 Å². The summed E-state index contributed by atoms with van der Waals surface area (Å²) >= 11 is 0. The molecule has 0 aliphatic carbocycles. The van der Waals surface area contributed by atoms with E-state index in [4.69, 9.17) is 9.97 Å². The van der Waals surface area contributed by atoms with E-state index in [0.717, 1.165) is 0 Å². The van der Waals surface area contributed by atoms with E-state index in [1.165, 1.54) is 416 Å². The Morgan fingerprint density at radius 1 is 0.181 bits per heavy atom. The number of rotatable bonds is 63. The Hall–Kier alpha value is -0.920. The van der Waals surface area contributed by atoms with Crippen molar-refractivity contribution in [3.8, 4) is 0 Å². The Bertz CT molecular complexity index is 1070. The Kier molecular flexibility index (Phi) is 58.5. The van der Waals surface area contributed by atoms with Crippen LogP contribution in [0.4, 0.5) is 0 Å². The van der Waals surface area contributed by atoms with Crippen LogP contribution in [0.15, 0.2) is 6.33 Å². The molecule has 0 fully saturated rings. The van der Waals surface area contributed by atoms with Crippen molar-refractivity contribution in [2.75, 3.05) is 0 Å².